The Morgan fingerprint density at radius 1 is 1.21 bits per heavy atom. The molecule has 5 heteroatoms. The lowest BCUT2D eigenvalue weighted by molar-refractivity contribution is 0.157. The van der Waals surface area contributed by atoms with E-state index in [9.17, 15) is 0 Å². The van der Waals surface area contributed by atoms with Crippen molar-refractivity contribution in [2.24, 2.45) is 5.41 Å². The summed E-state index contributed by atoms with van der Waals surface area (Å²) in [6.07, 6.45) is 5.58. The van der Waals surface area contributed by atoms with Gasteiger partial charge in [0.05, 0.1) is 12.4 Å². The lowest BCUT2D eigenvalue weighted by atomic mass is 9.90. The maximum atomic E-state index is 5.13. The van der Waals surface area contributed by atoms with Gasteiger partial charge in [-0.25, -0.2) is 4.98 Å². The minimum Gasteiger partial charge on any atom is -0.385 e. The van der Waals surface area contributed by atoms with Crippen LogP contribution in [0.1, 0.15) is 33.6 Å². The molecule has 1 aromatic heterocycles. The Bertz CT molecular complexity index is 368. The van der Waals surface area contributed by atoms with Gasteiger partial charge in [0.1, 0.15) is 11.6 Å². The maximum absolute atomic E-state index is 5.13. The summed E-state index contributed by atoms with van der Waals surface area (Å²) in [4.78, 5) is 8.67. The van der Waals surface area contributed by atoms with E-state index in [1.807, 2.05) is 0 Å². The average Bonchev–Trinajstić information content (AvgIpc) is 2.41. The Morgan fingerprint density at radius 2 is 1.89 bits per heavy atom. The third-order valence-corrected chi connectivity index (χ3v) is 2.92. The fourth-order valence-corrected chi connectivity index (χ4v) is 1.59. The van der Waals surface area contributed by atoms with Gasteiger partial charge in [-0.2, -0.15) is 0 Å². The highest BCUT2D eigenvalue weighted by molar-refractivity contribution is 5.41. The van der Waals surface area contributed by atoms with Crippen LogP contribution >= 0.6 is 0 Å². The molecule has 0 aliphatic heterocycles. The largest absolute Gasteiger partial charge is 0.385 e. The van der Waals surface area contributed by atoms with E-state index in [1.54, 1.807) is 19.5 Å². The molecule has 0 aliphatic carbocycles. The Labute approximate surface area is 116 Å². The van der Waals surface area contributed by atoms with Gasteiger partial charge in [0.2, 0.25) is 0 Å². The van der Waals surface area contributed by atoms with Crippen molar-refractivity contribution in [3.8, 4) is 0 Å². The second kappa shape index (κ2) is 7.94. The minimum atomic E-state index is 0.171. The van der Waals surface area contributed by atoms with E-state index in [4.69, 9.17) is 4.74 Å². The Hall–Kier alpha value is -1.36. The molecule has 0 saturated heterocycles. The van der Waals surface area contributed by atoms with Crippen molar-refractivity contribution in [2.75, 3.05) is 37.4 Å². The summed E-state index contributed by atoms with van der Waals surface area (Å²) in [5.41, 5.74) is 0.171. The number of ether oxygens (including phenoxy) is 1. The molecular weight excluding hydrogens is 240 g/mol. The smallest absolute Gasteiger partial charge is 0.146 e. The van der Waals surface area contributed by atoms with E-state index in [2.05, 4.69) is 41.4 Å². The number of anilines is 2. The molecule has 2 N–H and O–H groups in total. The summed E-state index contributed by atoms with van der Waals surface area (Å²) < 4.78 is 5.13. The monoisotopic (exact) mass is 266 g/mol. The second-order valence-corrected chi connectivity index (χ2v) is 5.48. The van der Waals surface area contributed by atoms with Gasteiger partial charge in [-0.1, -0.05) is 20.8 Å². The fraction of sp³-hybridized carbons (Fsp3) is 0.714. The summed E-state index contributed by atoms with van der Waals surface area (Å²) in [7, 11) is 1.73. The molecule has 0 atom stereocenters. The zero-order chi connectivity index (χ0) is 14.1. The number of methoxy groups -OCH3 is 1. The molecule has 1 aromatic rings. The minimum absolute atomic E-state index is 0.171. The number of hydrogen-bond donors (Lipinski definition) is 2. The topological polar surface area (TPSA) is 59.1 Å². The molecule has 5 nitrogen and oxygen atoms in total. The quantitative estimate of drug-likeness (QED) is 0.719. The first-order valence-electron chi connectivity index (χ1n) is 6.86. The van der Waals surface area contributed by atoms with Crippen LogP contribution in [0.2, 0.25) is 0 Å². The van der Waals surface area contributed by atoms with Crippen LogP contribution in [0.4, 0.5) is 11.6 Å². The maximum Gasteiger partial charge on any atom is 0.146 e. The van der Waals surface area contributed by atoms with Crippen molar-refractivity contribution in [3.05, 3.63) is 12.4 Å². The summed E-state index contributed by atoms with van der Waals surface area (Å²) in [6, 6.07) is 0. The molecule has 0 unspecified atom stereocenters. The van der Waals surface area contributed by atoms with Crippen LogP contribution in [0.5, 0.6) is 0 Å². The molecular formula is C14H26N4O. The Balaban J connectivity index is 2.48. The van der Waals surface area contributed by atoms with Crippen LogP contribution in [-0.2, 0) is 4.74 Å². The fourth-order valence-electron chi connectivity index (χ4n) is 1.59. The number of hydrogen-bond acceptors (Lipinski definition) is 5. The van der Waals surface area contributed by atoms with E-state index < -0.39 is 0 Å². The van der Waals surface area contributed by atoms with Gasteiger partial charge in [-0.15, -0.1) is 0 Å². The van der Waals surface area contributed by atoms with Crippen molar-refractivity contribution >= 4 is 11.6 Å². The van der Waals surface area contributed by atoms with Gasteiger partial charge in [0.15, 0.2) is 0 Å². The second-order valence-electron chi connectivity index (χ2n) is 5.48. The van der Waals surface area contributed by atoms with Crippen molar-refractivity contribution in [1.82, 2.24) is 9.97 Å². The Morgan fingerprint density at radius 3 is 2.53 bits per heavy atom. The molecule has 0 fully saturated rings. The molecule has 19 heavy (non-hydrogen) atoms. The number of nitrogens with one attached hydrogen (secondary N) is 2. The normalized spacial score (nSPS) is 11.4. The molecule has 1 rings (SSSR count). The Kier molecular flexibility index (Phi) is 6.56. The molecule has 0 aromatic carbocycles. The molecule has 0 aliphatic rings. The standard InChI is InChI=1S/C14H26N4O/c1-5-7-16-12-9-15-10-13(18-12)17-11-14(2,3)6-8-19-4/h9-10H,5-8,11H2,1-4H3,(H2,16,17,18). The molecule has 1 heterocycles. The van der Waals surface area contributed by atoms with Crippen LogP contribution in [-0.4, -0.2) is 36.8 Å². The molecule has 0 radical (unpaired) electrons. The van der Waals surface area contributed by atoms with Crippen LogP contribution in [0, 0.1) is 5.41 Å². The van der Waals surface area contributed by atoms with Crippen LogP contribution < -0.4 is 10.6 Å². The molecule has 0 amide bonds. The van der Waals surface area contributed by atoms with E-state index >= 15 is 0 Å². The number of aromatic nitrogens is 2. The summed E-state index contributed by atoms with van der Waals surface area (Å²) in [6.45, 7) is 9.09. The number of nitrogens with zero attached hydrogens (tertiary/aromatic N) is 2. The lowest BCUT2D eigenvalue weighted by Gasteiger charge is -2.24. The zero-order valence-electron chi connectivity index (χ0n) is 12.5. The predicted molar refractivity (Wildman–Crippen MR) is 79.6 cm³/mol. The van der Waals surface area contributed by atoms with Crippen molar-refractivity contribution < 1.29 is 4.74 Å². The third-order valence-electron chi connectivity index (χ3n) is 2.92. The molecule has 0 bridgehead atoms. The van der Waals surface area contributed by atoms with E-state index in [1.165, 1.54) is 0 Å². The highest BCUT2D eigenvalue weighted by Gasteiger charge is 2.17. The molecule has 108 valence electrons. The first-order chi connectivity index (χ1) is 9.07. The molecule has 0 saturated carbocycles. The van der Waals surface area contributed by atoms with Crippen molar-refractivity contribution in [1.29, 1.82) is 0 Å². The molecule has 0 spiro atoms. The first-order valence-corrected chi connectivity index (χ1v) is 6.86. The van der Waals surface area contributed by atoms with Gasteiger partial charge < -0.3 is 15.4 Å². The summed E-state index contributed by atoms with van der Waals surface area (Å²) in [5.74, 6) is 1.63. The first kappa shape index (κ1) is 15.7. The van der Waals surface area contributed by atoms with Crippen LogP contribution in [0.3, 0.4) is 0 Å². The van der Waals surface area contributed by atoms with E-state index in [0.29, 0.717) is 0 Å². The van der Waals surface area contributed by atoms with Gasteiger partial charge in [-0.05, 0) is 18.3 Å². The van der Waals surface area contributed by atoms with Crippen LogP contribution in [0.15, 0.2) is 12.4 Å². The van der Waals surface area contributed by atoms with Crippen molar-refractivity contribution in [2.45, 2.75) is 33.6 Å². The van der Waals surface area contributed by atoms with Gasteiger partial charge in [0, 0.05) is 26.8 Å². The highest BCUT2D eigenvalue weighted by Crippen LogP contribution is 2.20. The van der Waals surface area contributed by atoms with E-state index in [-0.39, 0.29) is 5.41 Å². The number of rotatable bonds is 9. The van der Waals surface area contributed by atoms with Gasteiger partial charge in [0.25, 0.3) is 0 Å². The van der Waals surface area contributed by atoms with Crippen LogP contribution in [0.25, 0.3) is 0 Å². The third kappa shape index (κ3) is 6.38. The van der Waals surface area contributed by atoms with E-state index in [0.717, 1.165) is 44.2 Å². The average molecular weight is 266 g/mol. The lowest BCUT2D eigenvalue weighted by Crippen LogP contribution is -2.25. The van der Waals surface area contributed by atoms with Crippen molar-refractivity contribution in [3.63, 3.8) is 0 Å². The van der Waals surface area contributed by atoms with Gasteiger partial charge >= 0.3 is 0 Å². The summed E-state index contributed by atoms with van der Waals surface area (Å²) in [5, 5.41) is 6.57. The zero-order valence-corrected chi connectivity index (χ0v) is 12.5. The van der Waals surface area contributed by atoms with Gasteiger partial charge in [-0.3, -0.25) is 4.98 Å². The summed E-state index contributed by atoms with van der Waals surface area (Å²) >= 11 is 0. The SMILES string of the molecule is CCCNc1cncc(NCC(C)(C)CCOC)n1. The highest BCUT2D eigenvalue weighted by atomic mass is 16.5. The predicted octanol–water partition coefficient (Wildman–Crippen LogP) is 2.77.